The van der Waals surface area contributed by atoms with Crippen molar-refractivity contribution in [3.63, 3.8) is 0 Å². The summed E-state index contributed by atoms with van der Waals surface area (Å²) < 4.78 is 27.6. The highest BCUT2D eigenvalue weighted by molar-refractivity contribution is 7.21. The molecule has 0 aliphatic heterocycles. The second-order valence-electron chi connectivity index (χ2n) is 5.09. The van der Waals surface area contributed by atoms with E-state index < -0.39 is 23.0 Å². The highest BCUT2D eigenvalue weighted by Gasteiger charge is 2.29. The highest BCUT2D eigenvalue weighted by atomic mass is 32.1. The third-order valence-corrected chi connectivity index (χ3v) is 3.87. The molecule has 96 valence electrons. The molecule has 0 fully saturated rings. The van der Waals surface area contributed by atoms with E-state index in [1.165, 1.54) is 0 Å². The highest BCUT2D eigenvalue weighted by Crippen LogP contribution is 2.41. The molecule has 0 saturated heterocycles. The average Bonchev–Trinajstić information content (AvgIpc) is 2.64. The number of fused-ring (bicyclic) bond motifs is 1. The van der Waals surface area contributed by atoms with Crippen LogP contribution in [0.15, 0.2) is 12.1 Å². The first-order chi connectivity index (χ1) is 8.23. The molecule has 1 aromatic carbocycles. The minimum atomic E-state index is -1.15. The third kappa shape index (κ3) is 1.88. The minimum absolute atomic E-state index is 0.00139. The largest absolute Gasteiger partial charge is 0.477 e. The predicted molar refractivity (Wildman–Crippen MR) is 67.4 cm³/mol. The second kappa shape index (κ2) is 4.02. The van der Waals surface area contributed by atoms with E-state index in [2.05, 4.69) is 0 Å². The maximum Gasteiger partial charge on any atom is 0.346 e. The number of carboxylic acid groups (broad SMARTS) is 1. The maximum atomic E-state index is 13.9. The molecule has 0 bridgehead atoms. The topological polar surface area (TPSA) is 37.3 Å². The Balaban J connectivity index is 3.00. The van der Waals surface area contributed by atoms with E-state index in [1.807, 2.05) is 0 Å². The Morgan fingerprint density at radius 2 is 1.78 bits per heavy atom. The van der Waals surface area contributed by atoms with Crippen molar-refractivity contribution in [2.24, 2.45) is 0 Å². The Labute approximate surface area is 107 Å². The molecule has 0 saturated carbocycles. The SMILES string of the molecule is CC(C)(C)c1c(C(=O)O)sc2c(F)ccc(F)c12. The predicted octanol–water partition coefficient (Wildman–Crippen LogP) is 4.18. The summed E-state index contributed by atoms with van der Waals surface area (Å²) in [6.07, 6.45) is 0. The van der Waals surface area contributed by atoms with Crippen LogP contribution in [0.4, 0.5) is 8.78 Å². The van der Waals surface area contributed by atoms with Gasteiger partial charge in [-0.25, -0.2) is 13.6 Å². The van der Waals surface area contributed by atoms with Gasteiger partial charge in [0.05, 0.1) is 4.70 Å². The molecule has 1 heterocycles. The van der Waals surface area contributed by atoms with E-state index in [-0.39, 0.29) is 15.0 Å². The van der Waals surface area contributed by atoms with Gasteiger partial charge in [0.15, 0.2) is 0 Å². The summed E-state index contributed by atoms with van der Waals surface area (Å²) >= 11 is 0.785. The van der Waals surface area contributed by atoms with Gasteiger partial charge in [0.1, 0.15) is 16.5 Å². The summed E-state index contributed by atoms with van der Waals surface area (Å²) in [4.78, 5) is 11.2. The maximum absolute atomic E-state index is 13.9. The number of hydrogen-bond acceptors (Lipinski definition) is 2. The summed E-state index contributed by atoms with van der Waals surface area (Å²) in [5, 5.41) is 9.27. The smallest absolute Gasteiger partial charge is 0.346 e. The molecule has 0 amide bonds. The number of rotatable bonds is 1. The molecule has 0 aliphatic carbocycles. The Morgan fingerprint density at radius 3 is 2.28 bits per heavy atom. The van der Waals surface area contributed by atoms with Crippen LogP contribution in [0.3, 0.4) is 0 Å². The van der Waals surface area contributed by atoms with Gasteiger partial charge in [-0.05, 0) is 23.1 Å². The Hall–Kier alpha value is -1.49. The van der Waals surface area contributed by atoms with Crippen molar-refractivity contribution in [1.29, 1.82) is 0 Å². The van der Waals surface area contributed by atoms with Gasteiger partial charge in [-0.2, -0.15) is 0 Å². The first-order valence-electron chi connectivity index (χ1n) is 5.37. The fourth-order valence-corrected chi connectivity index (χ4v) is 3.27. The van der Waals surface area contributed by atoms with Crippen LogP contribution in [0.5, 0.6) is 0 Å². The zero-order valence-corrected chi connectivity index (χ0v) is 11.0. The molecule has 0 spiro atoms. The zero-order valence-electron chi connectivity index (χ0n) is 10.2. The summed E-state index contributed by atoms with van der Waals surface area (Å²) in [5.74, 6) is -2.32. The molecule has 0 unspecified atom stereocenters. The first kappa shape index (κ1) is 13.0. The van der Waals surface area contributed by atoms with E-state index in [0.29, 0.717) is 5.56 Å². The minimum Gasteiger partial charge on any atom is -0.477 e. The van der Waals surface area contributed by atoms with Crippen molar-refractivity contribution in [2.75, 3.05) is 0 Å². The normalized spacial score (nSPS) is 12.1. The molecule has 0 atom stereocenters. The van der Waals surface area contributed by atoms with E-state index in [0.717, 1.165) is 23.5 Å². The summed E-state index contributed by atoms with van der Waals surface area (Å²) in [6.45, 7) is 5.35. The zero-order chi connectivity index (χ0) is 13.7. The first-order valence-corrected chi connectivity index (χ1v) is 6.19. The van der Waals surface area contributed by atoms with Gasteiger partial charge in [0, 0.05) is 5.39 Å². The van der Waals surface area contributed by atoms with Gasteiger partial charge in [-0.3, -0.25) is 0 Å². The average molecular weight is 270 g/mol. The number of benzene rings is 1. The van der Waals surface area contributed by atoms with Crippen LogP contribution in [0.1, 0.15) is 36.0 Å². The van der Waals surface area contributed by atoms with Crippen molar-refractivity contribution in [2.45, 2.75) is 26.2 Å². The summed E-state index contributed by atoms with van der Waals surface area (Å²) in [7, 11) is 0. The third-order valence-electron chi connectivity index (χ3n) is 2.68. The summed E-state index contributed by atoms with van der Waals surface area (Å²) in [6, 6.07) is 2.05. The number of carbonyl (C=O) groups is 1. The quantitative estimate of drug-likeness (QED) is 0.844. The Bertz CT molecular complexity index is 638. The van der Waals surface area contributed by atoms with Crippen LogP contribution in [0.2, 0.25) is 0 Å². The Kier molecular flexibility index (Phi) is 2.89. The Morgan fingerprint density at radius 1 is 1.22 bits per heavy atom. The van der Waals surface area contributed by atoms with Gasteiger partial charge in [-0.1, -0.05) is 20.8 Å². The molecular weight excluding hydrogens is 258 g/mol. The van der Waals surface area contributed by atoms with Crippen molar-refractivity contribution in [3.8, 4) is 0 Å². The molecule has 0 radical (unpaired) electrons. The number of hydrogen-bond donors (Lipinski definition) is 1. The number of carboxylic acids is 1. The van der Waals surface area contributed by atoms with Gasteiger partial charge >= 0.3 is 5.97 Å². The van der Waals surface area contributed by atoms with Crippen molar-refractivity contribution >= 4 is 27.4 Å². The molecule has 5 heteroatoms. The molecule has 1 aromatic heterocycles. The van der Waals surface area contributed by atoms with E-state index in [4.69, 9.17) is 0 Å². The van der Waals surface area contributed by atoms with Crippen molar-refractivity contribution in [3.05, 3.63) is 34.2 Å². The van der Waals surface area contributed by atoms with Crippen LogP contribution >= 0.6 is 11.3 Å². The monoisotopic (exact) mass is 270 g/mol. The fraction of sp³-hybridized carbons (Fsp3) is 0.308. The van der Waals surface area contributed by atoms with Crippen LogP contribution < -0.4 is 0 Å². The van der Waals surface area contributed by atoms with Gasteiger partial charge in [-0.15, -0.1) is 11.3 Å². The van der Waals surface area contributed by atoms with Crippen molar-refractivity contribution < 1.29 is 18.7 Å². The number of aromatic carboxylic acids is 1. The van der Waals surface area contributed by atoms with Crippen LogP contribution in [-0.4, -0.2) is 11.1 Å². The van der Waals surface area contributed by atoms with E-state index in [9.17, 15) is 18.7 Å². The van der Waals surface area contributed by atoms with Gasteiger partial charge < -0.3 is 5.11 Å². The lowest BCUT2D eigenvalue weighted by Crippen LogP contribution is -2.15. The molecule has 18 heavy (non-hydrogen) atoms. The van der Waals surface area contributed by atoms with E-state index >= 15 is 0 Å². The lowest BCUT2D eigenvalue weighted by atomic mass is 9.84. The molecule has 0 aliphatic rings. The molecule has 2 aromatic rings. The van der Waals surface area contributed by atoms with Crippen LogP contribution in [0.25, 0.3) is 10.1 Å². The molecule has 2 rings (SSSR count). The van der Waals surface area contributed by atoms with Crippen LogP contribution in [0, 0.1) is 11.6 Å². The molecule has 1 N–H and O–H groups in total. The van der Waals surface area contributed by atoms with E-state index in [1.54, 1.807) is 20.8 Å². The summed E-state index contributed by atoms with van der Waals surface area (Å²) in [5.41, 5.74) is -0.215. The lowest BCUT2D eigenvalue weighted by molar-refractivity contribution is 0.0700. The second-order valence-corrected chi connectivity index (χ2v) is 6.12. The number of halogens is 2. The molecule has 2 nitrogen and oxygen atoms in total. The van der Waals surface area contributed by atoms with Gasteiger partial charge in [0.2, 0.25) is 0 Å². The fourth-order valence-electron chi connectivity index (χ4n) is 2.00. The molecular formula is C13H12F2O2S. The number of thiophene rings is 1. The van der Waals surface area contributed by atoms with Crippen molar-refractivity contribution in [1.82, 2.24) is 0 Å². The standard InChI is InChI=1S/C13H12F2O2S/c1-13(2,3)9-8-6(14)4-5-7(15)10(8)18-11(9)12(16)17/h4-5H,1-3H3,(H,16,17). The van der Waals surface area contributed by atoms with Crippen LogP contribution in [-0.2, 0) is 5.41 Å². The lowest BCUT2D eigenvalue weighted by Gasteiger charge is -2.19. The van der Waals surface area contributed by atoms with Gasteiger partial charge in [0.25, 0.3) is 0 Å².